The Balaban J connectivity index is 3.10. The maximum absolute atomic E-state index is 12.3. The maximum atomic E-state index is 12.3. The van der Waals surface area contributed by atoms with Crippen LogP contribution >= 0.6 is 0 Å². The predicted octanol–water partition coefficient (Wildman–Crippen LogP) is 2.27. The number of hydrogen-bond donors (Lipinski definition) is 0. The molecule has 1 fully saturated rings. The summed E-state index contributed by atoms with van der Waals surface area (Å²) in [6.07, 6.45) is -7.57. The molecule has 0 bridgehead atoms. The lowest BCUT2D eigenvalue weighted by Gasteiger charge is -2.20. The van der Waals surface area contributed by atoms with Gasteiger partial charge in [0.25, 0.3) is 0 Å². The highest BCUT2D eigenvalue weighted by Crippen LogP contribution is 2.54. The van der Waals surface area contributed by atoms with Crippen LogP contribution in [0, 0.1) is 0 Å². The van der Waals surface area contributed by atoms with Crippen LogP contribution in [0.25, 0.3) is 0 Å². The SMILES string of the molecule is CC1OC(F)(F)C(F)(F)C1(F)F. The van der Waals surface area contributed by atoms with Crippen LogP contribution in [0.4, 0.5) is 26.3 Å². The molecular weight excluding hydrogens is 190 g/mol. The molecule has 1 nitrogen and oxygen atoms in total. The lowest BCUT2D eigenvalue weighted by molar-refractivity contribution is -0.326. The third kappa shape index (κ3) is 0.854. The van der Waals surface area contributed by atoms with Gasteiger partial charge in [-0.2, -0.15) is 26.3 Å². The summed E-state index contributed by atoms with van der Waals surface area (Å²) in [4.78, 5) is 0. The van der Waals surface area contributed by atoms with Crippen molar-refractivity contribution < 1.29 is 31.1 Å². The Bertz CT molecular complexity index is 200. The maximum Gasteiger partial charge on any atom is 0.426 e. The van der Waals surface area contributed by atoms with Gasteiger partial charge >= 0.3 is 18.0 Å². The highest BCUT2D eigenvalue weighted by Gasteiger charge is 2.81. The zero-order valence-corrected chi connectivity index (χ0v) is 5.75. The normalized spacial score (nSPS) is 36.8. The van der Waals surface area contributed by atoms with Gasteiger partial charge in [0.15, 0.2) is 0 Å². The van der Waals surface area contributed by atoms with E-state index in [1.54, 1.807) is 0 Å². The van der Waals surface area contributed by atoms with Gasteiger partial charge in [0.05, 0.1) is 0 Å². The van der Waals surface area contributed by atoms with E-state index in [1.807, 2.05) is 0 Å². The largest absolute Gasteiger partial charge is 0.426 e. The Morgan fingerprint density at radius 1 is 1.00 bits per heavy atom. The second kappa shape index (κ2) is 2.07. The molecule has 1 unspecified atom stereocenters. The zero-order chi connectivity index (χ0) is 9.78. The fraction of sp³-hybridized carbons (Fsp3) is 1.00. The summed E-state index contributed by atoms with van der Waals surface area (Å²) in [5, 5.41) is 0. The van der Waals surface area contributed by atoms with Crippen molar-refractivity contribution in [2.75, 3.05) is 0 Å². The van der Waals surface area contributed by atoms with Crippen molar-refractivity contribution in [3.05, 3.63) is 0 Å². The Morgan fingerprint density at radius 3 is 1.50 bits per heavy atom. The molecule has 0 aromatic rings. The van der Waals surface area contributed by atoms with Gasteiger partial charge in [-0.15, -0.1) is 0 Å². The molecule has 0 N–H and O–H groups in total. The minimum absolute atomic E-state index is 0.467. The molecule has 1 saturated heterocycles. The minimum Gasteiger partial charge on any atom is -0.306 e. The molecule has 0 amide bonds. The van der Waals surface area contributed by atoms with Crippen LogP contribution < -0.4 is 0 Å². The highest BCUT2D eigenvalue weighted by atomic mass is 19.4. The molecule has 1 atom stereocenters. The van der Waals surface area contributed by atoms with Crippen LogP contribution in [0.3, 0.4) is 0 Å². The molecule has 0 saturated carbocycles. The summed E-state index contributed by atoms with van der Waals surface area (Å²) >= 11 is 0. The molecule has 1 heterocycles. The third-order valence-corrected chi connectivity index (χ3v) is 1.62. The first-order chi connectivity index (χ1) is 5.13. The minimum atomic E-state index is -5.43. The molecule has 1 aliphatic heterocycles. The fourth-order valence-corrected chi connectivity index (χ4v) is 0.819. The Hall–Kier alpha value is -0.460. The van der Waals surface area contributed by atoms with Crippen molar-refractivity contribution in [2.24, 2.45) is 0 Å². The van der Waals surface area contributed by atoms with Crippen molar-refractivity contribution in [3.63, 3.8) is 0 Å². The van der Waals surface area contributed by atoms with Crippen LogP contribution in [-0.2, 0) is 4.74 Å². The quantitative estimate of drug-likeness (QED) is 0.537. The molecule has 0 aromatic heterocycles. The lowest BCUT2D eigenvalue weighted by atomic mass is 10.1. The molecule has 0 spiro atoms. The molecule has 0 aliphatic carbocycles. The number of alkyl halides is 6. The Morgan fingerprint density at radius 2 is 1.42 bits per heavy atom. The topological polar surface area (TPSA) is 9.23 Å². The first-order valence-electron chi connectivity index (χ1n) is 2.94. The summed E-state index contributed by atoms with van der Waals surface area (Å²) in [6.45, 7) is 0.467. The van der Waals surface area contributed by atoms with E-state index in [4.69, 9.17) is 0 Å². The van der Waals surface area contributed by atoms with E-state index in [2.05, 4.69) is 4.74 Å². The number of hydrogen-bond acceptors (Lipinski definition) is 1. The van der Waals surface area contributed by atoms with E-state index in [9.17, 15) is 26.3 Å². The standard InChI is InChI=1S/C5H4F6O/c1-2-3(6,7)4(8,9)5(10,11)12-2/h2H,1H3. The van der Waals surface area contributed by atoms with Gasteiger partial charge in [0.1, 0.15) is 6.10 Å². The third-order valence-electron chi connectivity index (χ3n) is 1.62. The van der Waals surface area contributed by atoms with E-state index >= 15 is 0 Å². The van der Waals surface area contributed by atoms with Gasteiger partial charge in [-0.1, -0.05) is 0 Å². The Kier molecular flexibility index (Phi) is 1.66. The molecular formula is C5H4F6O. The molecule has 0 aromatic carbocycles. The smallest absolute Gasteiger partial charge is 0.306 e. The summed E-state index contributed by atoms with van der Waals surface area (Å²) < 4.78 is 75.9. The van der Waals surface area contributed by atoms with Crippen LogP contribution in [0.1, 0.15) is 6.92 Å². The van der Waals surface area contributed by atoms with Gasteiger partial charge < -0.3 is 4.74 Å². The molecule has 1 rings (SSSR count). The van der Waals surface area contributed by atoms with E-state index in [1.165, 1.54) is 0 Å². The Labute approximate surface area is 63.3 Å². The molecule has 1 aliphatic rings. The number of rotatable bonds is 0. The molecule has 7 heteroatoms. The van der Waals surface area contributed by atoms with Crippen molar-refractivity contribution in [1.29, 1.82) is 0 Å². The van der Waals surface area contributed by atoms with Crippen molar-refractivity contribution >= 4 is 0 Å². The van der Waals surface area contributed by atoms with Crippen molar-refractivity contribution in [3.8, 4) is 0 Å². The van der Waals surface area contributed by atoms with Crippen LogP contribution in [0.5, 0.6) is 0 Å². The lowest BCUT2D eigenvalue weighted by Crippen LogP contribution is -2.48. The molecule has 0 radical (unpaired) electrons. The van der Waals surface area contributed by atoms with Gasteiger partial charge in [-0.25, -0.2) is 0 Å². The van der Waals surface area contributed by atoms with Gasteiger partial charge in [-0.3, -0.25) is 0 Å². The predicted molar refractivity (Wildman–Crippen MR) is 25.4 cm³/mol. The van der Waals surface area contributed by atoms with E-state index < -0.39 is 24.1 Å². The van der Waals surface area contributed by atoms with Gasteiger partial charge in [0.2, 0.25) is 0 Å². The summed E-state index contributed by atoms with van der Waals surface area (Å²) in [5.41, 5.74) is 0. The van der Waals surface area contributed by atoms with E-state index in [0.29, 0.717) is 6.92 Å². The van der Waals surface area contributed by atoms with E-state index in [0.717, 1.165) is 0 Å². The first-order valence-corrected chi connectivity index (χ1v) is 2.94. The van der Waals surface area contributed by atoms with Crippen LogP contribution in [0.15, 0.2) is 0 Å². The summed E-state index contributed by atoms with van der Waals surface area (Å²) in [7, 11) is 0. The second-order valence-electron chi connectivity index (χ2n) is 2.47. The molecule has 12 heavy (non-hydrogen) atoms. The van der Waals surface area contributed by atoms with Crippen LogP contribution in [0.2, 0.25) is 0 Å². The average Bonchev–Trinajstić information content (AvgIpc) is 1.92. The van der Waals surface area contributed by atoms with Gasteiger partial charge in [0, 0.05) is 0 Å². The average molecular weight is 194 g/mol. The number of ether oxygens (including phenoxy) is 1. The monoisotopic (exact) mass is 194 g/mol. The second-order valence-corrected chi connectivity index (χ2v) is 2.47. The fourth-order valence-electron chi connectivity index (χ4n) is 0.819. The van der Waals surface area contributed by atoms with Gasteiger partial charge in [-0.05, 0) is 6.92 Å². The van der Waals surface area contributed by atoms with Crippen molar-refractivity contribution in [1.82, 2.24) is 0 Å². The summed E-state index contributed by atoms with van der Waals surface area (Å²) in [6, 6.07) is 0. The summed E-state index contributed by atoms with van der Waals surface area (Å²) in [5.74, 6) is -10.3. The molecule has 72 valence electrons. The van der Waals surface area contributed by atoms with Crippen molar-refractivity contribution in [2.45, 2.75) is 31.0 Å². The van der Waals surface area contributed by atoms with Crippen LogP contribution in [-0.4, -0.2) is 24.1 Å². The zero-order valence-electron chi connectivity index (χ0n) is 5.75. The first kappa shape index (κ1) is 9.63. The highest BCUT2D eigenvalue weighted by molar-refractivity contribution is 5.01. The number of halogens is 6. The van der Waals surface area contributed by atoms with E-state index in [-0.39, 0.29) is 0 Å².